The number of hydrogen-bond acceptors (Lipinski definition) is 4. The molecule has 4 heteroatoms. The molecule has 3 rings (SSSR count). The van der Waals surface area contributed by atoms with Crippen LogP contribution < -0.4 is 10.1 Å². The lowest BCUT2D eigenvalue weighted by molar-refractivity contribution is 0.463. The third-order valence-electron chi connectivity index (χ3n) is 3.24. The third-order valence-corrected chi connectivity index (χ3v) is 3.24. The van der Waals surface area contributed by atoms with E-state index in [1.165, 1.54) is 6.42 Å². The lowest BCUT2D eigenvalue weighted by atomic mass is 10.2. The molecule has 0 bridgehead atoms. The van der Waals surface area contributed by atoms with Gasteiger partial charge < -0.3 is 15.2 Å². The first-order valence-electron chi connectivity index (χ1n) is 6.96. The Bertz CT molecular complexity index is 665. The second kappa shape index (κ2) is 6.29. The lowest BCUT2D eigenvalue weighted by Crippen LogP contribution is -2.18. The van der Waals surface area contributed by atoms with Crippen molar-refractivity contribution < 1.29 is 9.84 Å². The maximum Gasteiger partial charge on any atom is 0.146 e. The van der Waals surface area contributed by atoms with E-state index in [-0.39, 0.29) is 11.8 Å². The van der Waals surface area contributed by atoms with Crippen molar-refractivity contribution in [2.75, 3.05) is 6.54 Å². The summed E-state index contributed by atoms with van der Waals surface area (Å²) in [6, 6.07) is 8.72. The van der Waals surface area contributed by atoms with Gasteiger partial charge in [-0.3, -0.25) is 4.98 Å². The van der Waals surface area contributed by atoms with E-state index in [9.17, 15) is 5.11 Å². The molecule has 0 spiro atoms. The van der Waals surface area contributed by atoms with Crippen LogP contribution in [0.1, 0.15) is 18.4 Å². The predicted molar refractivity (Wildman–Crippen MR) is 80.3 cm³/mol. The van der Waals surface area contributed by atoms with Gasteiger partial charge in [-0.05, 0) is 49.7 Å². The molecule has 21 heavy (non-hydrogen) atoms. The van der Waals surface area contributed by atoms with Gasteiger partial charge in [0.05, 0.1) is 12.2 Å². The molecule has 0 aliphatic carbocycles. The largest absolute Gasteiger partial charge is 0.508 e. The Morgan fingerprint density at radius 1 is 1.19 bits per heavy atom. The Morgan fingerprint density at radius 3 is 2.81 bits per heavy atom. The number of aromatic nitrogens is 1. The summed E-state index contributed by atoms with van der Waals surface area (Å²) in [5.74, 6) is 7.83. The summed E-state index contributed by atoms with van der Waals surface area (Å²) < 4.78 is 5.69. The van der Waals surface area contributed by atoms with Crippen LogP contribution in [0.3, 0.4) is 0 Å². The highest BCUT2D eigenvalue weighted by atomic mass is 16.5. The molecule has 1 fully saturated rings. The highest BCUT2D eigenvalue weighted by Crippen LogP contribution is 2.23. The molecule has 1 saturated heterocycles. The Hall–Kier alpha value is -2.51. The molecule has 1 unspecified atom stereocenters. The SMILES string of the molecule is Oc1ccc(Oc2cncc(C#CC3CCCN3)c2)cc1. The lowest BCUT2D eigenvalue weighted by Gasteiger charge is -2.05. The van der Waals surface area contributed by atoms with Gasteiger partial charge in [0, 0.05) is 11.8 Å². The average Bonchev–Trinajstić information content (AvgIpc) is 3.01. The highest BCUT2D eigenvalue weighted by molar-refractivity contribution is 5.40. The molecule has 1 aromatic heterocycles. The fraction of sp³-hybridized carbons (Fsp3) is 0.235. The van der Waals surface area contributed by atoms with Crippen molar-refractivity contribution in [1.29, 1.82) is 0 Å². The van der Waals surface area contributed by atoms with E-state index in [1.807, 2.05) is 6.07 Å². The number of benzene rings is 1. The minimum Gasteiger partial charge on any atom is -0.508 e. The van der Waals surface area contributed by atoms with E-state index in [4.69, 9.17) is 4.74 Å². The molecule has 0 amide bonds. The van der Waals surface area contributed by atoms with Gasteiger partial charge in [-0.15, -0.1) is 0 Å². The molecule has 0 radical (unpaired) electrons. The molecular weight excluding hydrogens is 264 g/mol. The van der Waals surface area contributed by atoms with Crippen LogP contribution in [0.4, 0.5) is 0 Å². The van der Waals surface area contributed by atoms with Gasteiger partial charge in [0.25, 0.3) is 0 Å². The second-order valence-electron chi connectivity index (χ2n) is 4.92. The molecule has 2 aromatic rings. The minimum atomic E-state index is 0.212. The second-order valence-corrected chi connectivity index (χ2v) is 4.92. The van der Waals surface area contributed by atoms with E-state index < -0.39 is 0 Å². The molecule has 2 N–H and O–H groups in total. The monoisotopic (exact) mass is 280 g/mol. The average molecular weight is 280 g/mol. The standard InChI is InChI=1S/C17H16N2O2/c20-15-5-7-16(8-6-15)21-17-10-13(11-18-12-17)3-4-14-2-1-9-19-14/h5-8,10-12,14,19-20H,1-2,9H2. The quantitative estimate of drug-likeness (QED) is 0.830. The summed E-state index contributed by atoms with van der Waals surface area (Å²) in [5, 5.41) is 12.6. The van der Waals surface area contributed by atoms with Gasteiger partial charge in [0.2, 0.25) is 0 Å². The Balaban J connectivity index is 1.72. The molecule has 4 nitrogen and oxygen atoms in total. The summed E-state index contributed by atoms with van der Waals surface area (Å²) in [6.07, 6.45) is 5.66. The van der Waals surface area contributed by atoms with Crippen molar-refractivity contribution >= 4 is 0 Å². The number of phenolic OH excluding ortho intramolecular Hbond substituents is 1. The fourth-order valence-corrected chi connectivity index (χ4v) is 2.17. The zero-order valence-corrected chi connectivity index (χ0v) is 11.5. The molecule has 0 saturated carbocycles. The van der Waals surface area contributed by atoms with Crippen LogP contribution in [0, 0.1) is 11.8 Å². The van der Waals surface area contributed by atoms with Crippen LogP contribution in [0.5, 0.6) is 17.2 Å². The molecule has 1 aromatic carbocycles. The minimum absolute atomic E-state index is 0.212. The zero-order chi connectivity index (χ0) is 14.5. The first kappa shape index (κ1) is 13.5. The summed E-state index contributed by atoms with van der Waals surface area (Å²) in [6.45, 7) is 1.04. The molecule has 1 aliphatic rings. The smallest absolute Gasteiger partial charge is 0.146 e. The zero-order valence-electron chi connectivity index (χ0n) is 11.5. The van der Waals surface area contributed by atoms with Gasteiger partial charge in [0.15, 0.2) is 0 Å². The number of pyridine rings is 1. The van der Waals surface area contributed by atoms with Crippen molar-refractivity contribution in [3.05, 3.63) is 48.3 Å². The summed E-state index contributed by atoms with van der Waals surface area (Å²) in [4.78, 5) is 4.15. The molecule has 106 valence electrons. The summed E-state index contributed by atoms with van der Waals surface area (Å²) in [5.41, 5.74) is 0.833. The predicted octanol–water partition coefficient (Wildman–Crippen LogP) is 2.68. The van der Waals surface area contributed by atoms with Gasteiger partial charge in [0.1, 0.15) is 17.2 Å². The van der Waals surface area contributed by atoms with Crippen molar-refractivity contribution in [3.63, 3.8) is 0 Å². The number of aromatic hydroxyl groups is 1. The van der Waals surface area contributed by atoms with Gasteiger partial charge in [-0.25, -0.2) is 0 Å². The van der Waals surface area contributed by atoms with Gasteiger partial charge in [-0.2, -0.15) is 0 Å². The van der Waals surface area contributed by atoms with E-state index in [0.717, 1.165) is 18.5 Å². The number of phenols is 1. The molecule has 2 heterocycles. The first-order chi connectivity index (χ1) is 10.3. The van der Waals surface area contributed by atoms with E-state index in [1.54, 1.807) is 36.7 Å². The van der Waals surface area contributed by atoms with Crippen molar-refractivity contribution in [3.8, 4) is 29.1 Å². The molecule has 1 aliphatic heterocycles. The van der Waals surface area contributed by atoms with E-state index in [0.29, 0.717) is 11.5 Å². The summed E-state index contributed by atoms with van der Waals surface area (Å²) in [7, 11) is 0. The van der Waals surface area contributed by atoms with Crippen molar-refractivity contribution in [2.45, 2.75) is 18.9 Å². The van der Waals surface area contributed by atoms with Gasteiger partial charge >= 0.3 is 0 Å². The van der Waals surface area contributed by atoms with Crippen LogP contribution in [0.25, 0.3) is 0 Å². The third kappa shape index (κ3) is 3.74. The number of ether oxygens (including phenoxy) is 1. The Morgan fingerprint density at radius 2 is 2.05 bits per heavy atom. The summed E-state index contributed by atoms with van der Waals surface area (Å²) >= 11 is 0. The first-order valence-corrected chi connectivity index (χ1v) is 6.96. The topological polar surface area (TPSA) is 54.4 Å². The normalized spacial score (nSPS) is 17.0. The van der Waals surface area contributed by atoms with Crippen LogP contribution in [0.2, 0.25) is 0 Å². The number of nitrogens with one attached hydrogen (secondary N) is 1. The number of hydrogen-bond donors (Lipinski definition) is 2. The van der Waals surface area contributed by atoms with Gasteiger partial charge in [-0.1, -0.05) is 11.8 Å². The van der Waals surface area contributed by atoms with Crippen molar-refractivity contribution in [1.82, 2.24) is 10.3 Å². The van der Waals surface area contributed by atoms with Crippen molar-refractivity contribution in [2.24, 2.45) is 0 Å². The maximum absolute atomic E-state index is 9.25. The highest BCUT2D eigenvalue weighted by Gasteiger charge is 2.09. The molecular formula is C17H16N2O2. The van der Waals surface area contributed by atoms with Crippen LogP contribution >= 0.6 is 0 Å². The number of rotatable bonds is 2. The molecule has 1 atom stereocenters. The van der Waals surface area contributed by atoms with Crippen LogP contribution in [0.15, 0.2) is 42.7 Å². The Labute approximate surface area is 123 Å². The van der Waals surface area contributed by atoms with Crippen LogP contribution in [-0.4, -0.2) is 22.7 Å². The number of nitrogens with zero attached hydrogens (tertiary/aromatic N) is 1. The maximum atomic E-state index is 9.25. The fourth-order valence-electron chi connectivity index (χ4n) is 2.17. The van der Waals surface area contributed by atoms with E-state index in [2.05, 4.69) is 22.1 Å². The Kier molecular flexibility index (Phi) is 4.04. The van der Waals surface area contributed by atoms with Crippen LogP contribution in [-0.2, 0) is 0 Å². The van der Waals surface area contributed by atoms with E-state index >= 15 is 0 Å².